The molecule has 36 heavy (non-hydrogen) atoms. The number of nitrogens with zero attached hydrogens (tertiary/aromatic N) is 4. The first-order chi connectivity index (χ1) is 17.0. The molecule has 13 heteroatoms. The lowest BCUT2D eigenvalue weighted by molar-refractivity contribution is -0.141. The van der Waals surface area contributed by atoms with Gasteiger partial charge in [-0.3, -0.25) is 4.90 Å². The average Bonchev–Trinajstić information content (AvgIpc) is 2.81. The molecule has 0 aliphatic heterocycles. The number of aromatic nitrogens is 2. The maximum atomic E-state index is 13.5. The summed E-state index contributed by atoms with van der Waals surface area (Å²) >= 11 is 11.8. The fraction of sp³-hybridized carbons (Fsp3) is 0.261. The quantitative estimate of drug-likeness (QED) is 0.153. The first kappa shape index (κ1) is 27.3. The third kappa shape index (κ3) is 7.36. The number of hydrogen-bond acceptors (Lipinski definition) is 6. The minimum Gasteiger partial charge on any atom is -0.508 e. The third-order valence-corrected chi connectivity index (χ3v) is 5.80. The number of nitrogens with two attached hydrogens (primary N) is 1. The average molecular weight is 542 g/mol. The Morgan fingerprint density at radius 2 is 1.72 bits per heavy atom. The summed E-state index contributed by atoms with van der Waals surface area (Å²) in [7, 11) is 0. The molecule has 0 unspecified atom stereocenters. The van der Waals surface area contributed by atoms with E-state index in [1.54, 1.807) is 12.1 Å². The maximum absolute atomic E-state index is 13.5. The number of rotatable bonds is 8. The number of nitrogens with one attached hydrogen (secondary N) is 2. The van der Waals surface area contributed by atoms with Crippen LogP contribution in [0.4, 0.5) is 36.3 Å². The zero-order chi connectivity index (χ0) is 26.5. The molecule has 0 spiro atoms. The molecule has 8 nitrogen and oxygen atoms in total. The number of aliphatic imine (C=N–C) groups is 1. The number of alkyl halides is 3. The zero-order valence-corrected chi connectivity index (χ0v) is 20.9. The van der Waals surface area contributed by atoms with Crippen LogP contribution in [-0.4, -0.2) is 39.0 Å². The van der Waals surface area contributed by atoms with E-state index in [9.17, 15) is 18.3 Å². The number of aromatic hydroxyl groups is 1. The Balaban J connectivity index is 1.91. The molecule has 0 saturated carbocycles. The molecule has 0 amide bonds. The molecule has 1 aromatic heterocycles. The predicted octanol–water partition coefficient (Wildman–Crippen LogP) is 6.15. The zero-order valence-electron chi connectivity index (χ0n) is 19.4. The van der Waals surface area contributed by atoms with Gasteiger partial charge < -0.3 is 21.5 Å². The number of phenolic OH excluding ortho intramolecular Hbond substituents is 1. The smallest absolute Gasteiger partial charge is 0.433 e. The Morgan fingerprint density at radius 3 is 2.36 bits per heavy atom. The number of halogens is 5. The van der Waals surface area contributed by atoms with Crippen LogP contribution in [0, 0.1) is 0 Å². The highest BCUT2D eigenvalue weighted by Crippen LogP contribution is 2.32. The predicted molar refractivity (Wildman–Crippen MR) is 136 cm³/mol. The van der Waals surface area contributed by atoms with Crippen molar-refractivity contribution >= 4 is 52.3 Å². The lowest BCUT2D eigenvalue weighted by atomic mass is 10.1. The van der Waals surface area contributed by atoms with Crippen molar-refractivity contribution in [3.63, 3.8) is 0 Å². The molecular formula is C23H24Cl2F3N7O. The van der Waals surface area contributed by atoms with E-state index >= 15 is 0 Å². The molecule has 192 valence electrons. The lowest BCUT2D eigenvalue weighted by Crippen LogP contribution is -2.22. The van der Waals surface area contributed by atoms with Crippen LogP contribution < -0.4 is 16.4 Å². The van der Waals surface area contributed by atoms with Crippen molar-refractivity contribution in [2.45, 2.75) is 26.6 Å². The van der Waals surface area contributed by atoms with Gasteiger partial charge >= 0.3 is 6.18 Å². The monoisotopic (exact) mass is 541 g/mol. The Labute approximate surface area is 216 Å². The van der Waals surface area contributed by atoms with E-state index in [1.807, 2.05) is 13.8 Å². The maximum Gasteiger partial charge on any atom is 0.433 e. The van der Waals surface area contributed by atoms with Crippen LogP contribution in [0.5, 0.6) is 5.75 Å². The first-order valence-electron chi connectivity index (χ1n) is 10.8. The highest BCUT2D eigenvalue weighted by Gasteiger charge is 2.34. The van der Waals surface area contributed by atoms with Crippen molar-refractivity contribution in [1.82, 2.24) is 14.9 Å². The Hall–Kier alpha value is -3.28. The second kappa shape index (κ2) is 11.6. The number of anilines is 3. The van der Waals surface area contributed by atoms with E-state index in [1.165, 1.54) is 24.3 Å². The van der Waals surface area contributed by atoms with Gasteiger partial charge in [0.25, 0.3) is 5.95 Å². The molecule has 0 saturated heterocycles. The van der Waals surface area contributed by atoms with Gasteiger partial charge in [0.1, 0.15) is 11.6 Å². The van der Waals surface area contributed by atoms with Gasteiger partial charge in [-0.15, -0.1) is 0 Å². The summed E-state index contributed by atoms with van der Waals surface area (Å²) in [6.45, 7) is 6.00. The molecule has 0 radical (unpaired) electrons. The Morgan fingerprint density at radius 1 is 1.03 bits per heavy atom. The number of benzene rings is 2. The summed E-state index contributed by atoms with van der Waals surface area (Å²) in [5, 5.41) is 16.3. The highest BCUT2D eigenvalue weighted by atomic mass is 35.5. The van der Waals surface area contributed by atoms with Crippen molar-refractivity contribution in [1.29, 1.82) is 0 Å². The van der Waals surface area contributed by atoms with Crippen molar-refractivity contribution in [2.75, 3.05) is 23.7 Å². The summed E-state index contributed by atoms with van der Waals surface area (Å²) in [5.74, 6) is -0.847. The van der Waals surface area contributed by atoms with Crippen LogP contribution in [0.3, 0.4) is 0 Å². The SMILES string of the molecule is CCN(CC)Cc1cc(Nc2cc(C(F)(F)F)nc(/N=C(\N)Nc3ccc(Cl)c(Cl)c3)n2)ccc1O. The Bertz CT molecular complexity index is 1250. The second-order valence-corrected chi connectivity index (χ2v) is 8.43. The van der Waals surface area contributed by atoms with Crippen molar-refractivity contribution in [3.05, 3.63) is 63.8 Å². The summed E-state index contributed by atoms with van der Waals surface area (Å²) in [6.07, 6.45) is -4.75. The van der Waals surface area contributed by atoms with Gasteiger partial charge in [-0.1, -0.05) is 37.0 Å². The van der Waals surface area contributed by atoms with Crippen molar-refractivity contribution in [2.24, 2.45) is 10.7 Å². The molecule has 1 heterocycles. The van der Waals surface area contributed by atoms with Gasteiger partial charge in [0.2, 0.25) is 5.96 Å². The lowest BCUT2D eigenvalue weighted by Gasteiger charge is -2.19. The highest BCUT2D eigenvalue weighted by molar-refractivity contribution is 6.42. The molecule has 0 aliphatic rings. The molecule has 0 fully saturated rings. The van der Waals surface area contributed by atoms with Gasteiger partial charge in [0, 0.05) is 29.5 Å². The molecule has 5 N–H and O–H groups in total. The number of phenols is 1. The van der Waals surface area contributed by atoms with E-state index < -0.39 is 17.8 Å². The summed E-state index contributed by atoms with van der Waals surface area (Å²) in [6, 6.07) is 9.97. The largest absolute Gasteiger partial charge is 0.508 e. The minimum absolute atomic E-state index is 0.0811. The van der Waals surface area contributed by atoms with Crippen LogP contribution in [0.15, 0.2) is 47.5 Å². The molecule has 0 atom stereocenters. The molecule has 2 aromatic carbocycles. The third-order valence-electron chi connectivity index (χ3n) is 5.06. The van der Waals surface area contributed by atoms with E-state index in [0.29, 0.717) is 28.5 Å². The normalized spacial score (nSPS) is 12.2. The molecular weight excluding hydrogens is 518 g/mol. The Kier molecular flexibility index (Phi) is 8.83. The van der Waals surface area contributed by atoms with E-state index in [0.717, 1.165) is 19.2 Å². The topological polar surface area (TPSA) is 112 Å². The van der Waals surface area contributed by atoms with Gasteiger partial charge in [-0.05, 0) is 49.5 Å². The van der Waals surface area contributed by atoms with E-state index in [4.69, 9.17) is 28.9 Å². The summed E-state index contributed by atoms with van der Waals surface area (Å²) in [5.41, 5.74) is 6.10. The number of hydrogen-bond donors (Lipinski definition) is 4. The standard InChI is InChI=1S/C23H24Cl2F3N7O/c1-3-35(4-2)12-13-9-14(6-8-18(13)36)30-20-11-19(23(26,27)28)32-22(33-20)34-21(29)31-15-5-7-16(24)17(25)10-15/h5-11,36H,3-4,12H2,1-2H3,(H4,29,30,31,32,33,34). The molecule has 3 rings (SSSR count). The van der Waals surface area contributed by atoms with Gasteiger partial charge in [0.15, 0.2) is 5.69 Å². The summed E-state index contributed by atoms with van der Waals surface area (Å²) < 4.78 is 40.5. The minimum atomic E-state index is -4.75. The van der Waals surface area contributed by atoms with Crippen molar-refractivity contribution in [3.8, 4) is 5.75 Å². The van der Waals surface area contributed by atoms with Gasteiger partial charge in [-0.25, -0.2) is 4.98 Å². The number of guanidine groups is 1. The molecule has 0 aliphatic carbocycles. The molecule has 3 aromatic rings. The van der Waals surface area contributed by atoms with Crippen LogP contribution in [0.1, 0.15) is 25.1 Å². The van der Waals surface area contributed by atoms with Gasteiger partial charge in [0.05, 0.1) is 10.0 Å². The van der Waals surface area contributed by atoms with E-state index in [2.05, 4.69) is 30.5 Å². The fourth-order valence-electron chi connectivity index (χ4n) is 3.18. The van der Waals surface area contributed by atoms with Crippen LogP contribution in [-0.2, 0) is 12.7 Å². The second-order valence-electron chi connectivity index (χ2n) is 7.62. The first-order valence-corrected chi connectivity index (χ1v) is 11.6. The van der Waals surface area contributed by atoms with Crippen LogP contribution in [0.2, 0.25) is 10.0 Å². The van der Waals surface area contributed by atoms with Crippen molar-refractivity contribution < 1.29 is 18.3 Å². The van der Waals surface area contributed by atoms with Crippen LogP contribution >= 0.6 is 23.2 Å². The van der Waals surface area contributed by atoms with E-state index in [-0.39, 0.29) is 22.5 Å². The summed E-state index contributed by atoms with van der Waals surface area (Å²) in [4.78, 5) is 13.5. The fourth-order valence-corrected chi connectivity index (χ4v) is 3.48. The van der Waals surface area contributed by atoms with Crippen LogP contribution in [0.25, 0.3) is 0 Å². The van der Waals surface area contributed by atoms with Gasteiger partial charge in [-0.2, -0.15) is 23.1 Å². The molecule has 0 bridgehead atoms.